The lowest BCUT2D eigenvalue weighted by Gasteiger charge is -2.12. The van der Waals surface area contributed by atoms with Crippen LogP contribution in [0.15, 0.2) is 4.34 Å². The highest BCUT2D eigenvalue weighted by Gasteiger charge is 2.17. The number of rotatable bonds is 7. The molecule has 0 aliphatic rings. The Morgan fingerprint density at radius 3 is 2.76 bits per heavy atom. The molecule has 0 unspecified atom stereocenters. The summed E-state index contributed by atoms with van der Waals surface area (Å²) in [7, 11) is 0. The number of nitrogens with one attached hydrogen (secondary N) is 1. The molecule has 0 aliphatic heterocycles. The van der Waals surface area contributed by atoms with Gasteiger partial charge in [-0.2, -0.15) is 0 Å². The van der Waals surface area contributed by atoms with Gasteiger partial charge in [-0.25, -0.2) is 0 Å². The fourth-order valence-electron chi connectivity index (χ4n) is 1.52. The minimum absolute atomic E-state index is 0.0738. The summed E-state index contributed by atoms with van der Waals surface area (Å²) in [5, 5.41) is 11.3. The van der Waals surface area contributed by atoms with Crippen molar-refractivity contribution in [1.82, 2.24) is 10.2 Å². The van der Waals surface area contributed by atoms with E-state index in [2.05, 4.69) is 22.4 Å². The number of amides is 1. The number of aromatic nitrogens is 2. The molecule has 0 saturated carbocycles. The Bertz CT molecular complexity index is 354. The number of anilines is 1. The lowest BCUT2D eigenvalue weighted by atomic mass is 9.99. The van der Waals surface area contributed by atoms with Crippen LogP contribution in [0.2, 0.25) is 0 Å². The Kier molecular flexibility index (Phi) is 6.50. The molecule has 1 rings (SSSR count). The molecule has 0 radical (unpaired) electrons. The maximum Gasteiger partial charge on any atom is 0.229 e. The molecule has 1 aromatic rings. The summed E-state index contributed by atoms with van der Waals surface area (Å²) in [6.45, 7) is 4.19. The number of carbonyl (C=O) groups excluding carboxylic acids is 1. The highest BCUT2D eigenvalue weighted by atomic mass is 32.2. The summed E-state index contributed by atoms with van der Waals surface area (Å²) >= 11 is 2.96. The summed E-state index contributed by atoms with van der Waals surface area (Å²) < 4.78 is 0.877. The van der Waals surface area contributed by atoms with Crippen LogP contribution in [-0.4, -0.2) is 22.4 Å². The van der Waals surface area contributed by atoms with E-state index in [1.54, 1.807) is 0 Å². The fraction of sp³-hybridized carbons (Fsp3) is 0.727. The van der Waals surface area contributed by atoms with Crippen molar-refractivity contribution in [2.24, 2.45) is 5.92 Å². The van der Waals surface area contributed by atoms with Gasteiger partial charge in [0.1, 0.15) is 0 Å². The Hall–Kier alpha value is -0.620. The standard InChI is InChI=1S/C11H19N3OS2/c1-4-6-7-8(5-2)9(15)12-10-13-14-11(16-3)17-10/h8H,4-7H2,1-3H3,(H,12,13,15)/t8-/m1/s1. The number of unbranched alkanes of at least 4 members (excludes halogenated alkanes) is 1. The van der Waals surface area contributed by atoms with Gasteiger partial charge in [-0.1, -0.05) is 49.8 Å². The van der Waals surface area contributed by atoms with Crippen molar-refractivity contribution in [3.05, 3.63) is 0 Å². The smallest absolute Gasteiger partial charge is 0.229 e. The van der Waals surface area contributed by atoms with Crippen molar-refractivity contribution >= 4 is 34.1 Å². The highest BCUT2D eigenvalue weighted by molar-refractivity contribution is 8.00. The van der Waals surface area contributed by atoms with Crippen LogP contribution in [-0.2, 0) is 4.79 Å². The Labute approximate surface area is 111 Å². The molecule has 17 heavy (non-hydrogen) atoms. The molecule has 0 bridgehead atoms. The second kappa shape index (κ2) is 7.66. The third-order valence-electron chi connectivity index (χ3n) is 2.58. The average Bonchev–Trinajstić information content (AvgIpc) is 2.77. The van der Waals surface area contributed by atoms with Gasteiger partial charge in [-0.3, -0.25) is 4.79 Å². The van der Waals surface area contributed by atoms with E-state index in [-0.39, 0.29) is 11.8 Å². The monoisotopic (exact) mass is 273 g/mol. The molecule has 6 heteroatoms. The van der Waals surface area contributed by atoms with Crippen LogP contribution in [0.5, 0.6) is 0 Å². The molecule has 1 heterocycles. The molecule has 1 atom stereocenters. The third kappa shape index (κ3) is 4.63. The zero-order chi connectivity index (χ0) is 12.7. The van der Waals surface area contributed by atoms with E-state index in [1.807, 2.05) is 13.2 Å². The van der Waals surface area contributed by atoms with Gasteiger partial charge in [0.05, 0.1) is 0 Å². The van der Waals surface area contributed by atoms with Crippen LogP contribution in [0.25, 0.3) is 0 Å². The molecule has 0 aliphatic carbocycles. The minimum Gasteiger partial charge on any atom is -0.300 e. The molecule has 0 saturated heterocycles. The first-order chi connectivity index (χ1) is 8.21. The van der Waals surface area contributed by atoms with Crippen molar-refractivity contribution in [3.8, 4) is 0 Å². The highest BCUT2D eigenvalue weighted by Crippen LogP contribution is 2.24. The molecule has 0 aromatic carbocycles. The largest absolute Gasteiger partial charge is 0.300 e. The van der Waals surface area contributed by atoms with Crippen molar-refractivity contribution < 1.29 is 4.79 Å². The lowest BCUT2D eigenvalue weighted by molar-refractivity contribution is -0.120. The minimum atomic E-state index is 0.0738. The van der Waals surface area contributed by atoms with Crippen LogP contribution in [0.3, 0.4) is 0 Å². The summed E-state index contributed by atoms with van der Waals surface area (Å²) in [5.41, 5.74) is 0. The van der Waals surface area contributed by atoms with Gasteiger partial charge in [-0.15, -0.1) is 10.2 Å². The molecule has 4 nitrogen and oxygen atoms in total. The Morgan fingerprint density at radius 2 is 2.24 bits per heavy atom. The number of thioether (sulfide) groups is 1. The molecule has 0 fully saturated rings. The van der Waals surface area contributed by atoms with Gasteiger partial charge in [0.15, 0.2) is 4.34 Å². The normalized spacial score (nSPS) is 12.4. The van der Waals surface area contributed by atoms with Gasteiger partial charge in [0.2, 0.25) is 11.0 Å². The van der Waals surface area contributed by atoms with E-state index in [9.17, 15) is 4.79 Å². The molecule has 96 valence electrons. The van der Waals surface area contributed by atoms with Crippen molar-refractivity contribution in [3.63, 3.8) is 0 Å². The first-order valence-electron chi connectivity index (χ1n) is 5.89. The molecular formula is C11H19N3OS2. The summed E-state index contributed by atoms with van der Waals surface area (Å²) in [6.07, 6.45) is 5.99. The number of hydrogen-bond donors (Lipinski definition) is 1. The first kappa shape index (κ1) is 14.4. The Morgan fingerprint density at radius 1 is 1.47 bits per heavy atom. The zero-order valence-electron chi connectivity index (χ0n) is 10.5. The van der Waals surface area contributed by atoms with Gasteiger partial charge >= 0.3 is 0 Å². The average molecular weight is 273 g/mol. The fourth-order valence-corrected chi connectivity index (χ4v) is 2.69. The lowest BCUT2D eigenvalue weighted by Crippen LogP contribution is -2.22. The van der Waals surface area contributed by atoms with Crippen LogP contribution in [0, 0.1) is 5.92 Å². The van der Waals surface area contributed by atoms with Gasteiger partial charge in [0, 0.05) is 5.92 Å². The summed E-state index contributed by atoms with van der Waals surface area (Å²) in [4.78, 5) is 12.0. The number of carbonyl (C=O) groups is 1. The van der Waals surface area contributed by atoms with E-state index in [0.717, 1.165) is 30.0 Å². The predicted molar refractivity (Wildman–Crippen MR) is 73.6 cm³/mol. The Balaban J connectivity index is 2.51. The predicted octanol–water partition coefficient (Wildman–Crippen LogP) is 3.41. The van der Waals surface area contributed by atoms with E-state index in [0.29, 0.717) is 5.13 Å². The van der Waals surface area contributed by atoms with Gasteiger partial charge in [0.25, 0.3) is 0 Å². The van der Waals surface area contributed by atoms with Crippen LogP contribution in [0.1, 0.15) is 39.5 Å². The van der Waals surface area contributed by atoms with Crippen LogP contribution < -0.4 is 5.32 Å². The van der Waals surface area contributed by atoms with Crippen LogP contribution in [0.4, 0.5) is 5.13 Å². The quantitative estimate of drug-likeness (QED) is 0.611. The van der Waals surface area contributed by atoms with Gasteiger partial charge in [-0.05, 0) is 19.1 Å². The van der Waals surface area contributed by atoms with Crippen molar-refractivity contribution in [2.75, 3.05) is 11.6 Å². The van der Waals surface area contributed by atoms with Gasteiger partial charge < -0.3 is 5.32 Å². The molecular weight excluding hydrogens is 254 g/mol. The van der Waals surface area contributed by atoms with Crippen molar-refractivity contribution in [1.29, 1.82) is 0 Å². The maximum absolute atomic E-state index is 12.0. The maximum atomic E-state index is 12.0. The molecule has 0 spiro atoms. The van der Waals surface area contributed by atoms with E-state index >= 15 is 0 Å². The van der Waals surface area contributed by atoms with E-state index in [4.69, 9.17) is 0 Å². The number of nitrogens with zero attached hydrogens (tertiary/aromatic N) is 2. The summed E-state index contributed by atoms with van der Waals surface area (Å²) in [6, 6.07) is 0. The van der Waals surface area contributed by atoms with Crippen LogP contribution >= 0.6 is 23.1 Å². The SMILES string of the molecule is CCCC[C@@H](CC)C(=O)Nc1nnc(SC)s1. The topological polar surface area (TPSA) is 54.9 Å². The van der Waals surface area contributed by atoms with E-state index in [1.165, 1.54) is 23.1 Å². The molecule has 1 aromatic heterocycles. The van der Waals surface area contributed by atoms with Crippen molar-refractivity contribution in [2.45, 2.75) is 43.9 Å². The third-order valence-corrected chi connectivity index (χ3v) is 4.40. The zero-order valence-corrected chi connectivity index (χ0v) is 12.2. The number of hydrogen-bond acceptors (Lipinski definition) is 5. The van der Waals surface area contributed by atoms with E-state index < -0.39 is 0 Å². The second-order valence-electron chi connectivity index (χ2n) is 3.81. The molecule has 1 N–H and O–H groups in total. The second-order valence-corrected chi connectivity index (χ2v) is 5.84. The molecule has 1 amide bonds. The first-order valence-corrected chi connectivity index (χ1v) is 7.93. The summed E-state index contributed by atoms with van der Waals surface area (Å²) in [5.74, 6) is 0.168.